The first kappa shape index (κ1) is 26.5. The van der Waals surface area contributed by atoms with Crippen LogP contribution in [0.4, 0.5) is 23.2 Å². The number of benzene rings is 2. The smallest absolute Gasteiger partial charge is 0.435 e. The van der Waals surface area contributed by atoms with Crippen LogP contribution in [-0.4, -0.2) is 30.8 Å². The Morgan fingerprint density at radius 1 is 1.08 bits per heavy atom. The van der Waals surface area contributed by atoms with Gasteiger partial charge >= 0.3 is 6.18 Å². The molecule has 12 heteroatoms. The van der Waals surface area contributed by atoms with Crippen molar-refractivity contribution in [2.75, 3.05) is 11.6 Å². The average Bonchev–Trinajstić information content (AvgIpc) is 2.76. The minimum Gasteiger partial charge on any atom is -0.437 e. The molecular formula is C25H23F4N3O4S. The van der Waals surface area contributed by atoms with Crippen molar-refractivity contribution in [2.24, 2.45) is 0 Å². The molecule has 1 aromatic heterocycles. The molecule has 1 saturated carbocycles. The molecule has 3 aromatic rings. The number of sulfone groups is 1. The molecule has 2 aromatic carbocycles. The van der Waals surface area contributed by atoms with Gasteiger partial charge in [0, 0.05) is 17.5 Å². The lowest BCUT2D eigenvalue weighted by Gasteiger charge is -2.27. The molecular weight excluding hydrogens is 514 g/mol. The van der Waals surface area contributed by atoms with E-state index in [1.807, 2.05) is 0 Å². The molecule has 7 nitrogen and oxygen atoms in total. The van der Waals surface area contributed by atoms with Gasteiger partial charge in [0.1, 0.15) is 17.1 Å². The lowest BCUT2D eigenvalue weighted by Crippen LogP contribution is -2.21. The highest BCUT2D eigenvalue weighted by molar-refractivity contribution is 7.90. The maximum absolute atomic E-state index is 15.0. The first-order valence-corrected chi connectivity index (χ1v) is 13.2. The molecule has 0 spiro atoms. The molecule has 1 fully saturated rings. The average molecular weight is 538 g/mol. The second-order valence-electron chi connectivity index (χ2n) is 8.93. The number of amides is 1. The molecule has 0 radical (unpaired) electrons. The molecule has 0 unspecified atom stereocenters. The second kappa shape index (κ2) is 9.73. The number of hydrogen-bond donors (Lipinski definition) is 1. The van der Waals surface area contributed by atoms with E-state index in [1.54, 1.807) is 6.07 Å². The van der Waals surface area contributed by atoms with Gasteiger partial charge in [0.15, 0.2) is 15.5 Å². The maximum Gasteiger partial charge on any atom is 0.435 e. The fourth-order valence-corrected chi connectivity index (χ4v) is 4.71. The largest absolute Gasteiger partial charge is 0.437 e. The Balaban J connectivity index is 1.75. The summed E-state index contributed by atoms with van der Waals surface area (Å²) in [6.07, 6.45) is -1.19. The van der Waals surface area contributed by atoms with Crippen molar-refractivity contribution in [3.8, 4) is 11.6 Å². The number of carbonyl (C=O) groups excluding carboxylic acids is 1. The van der Waals surface area contributed by atoms with Crippen molar-refractivity contribution in [1.29, 1.82) is 0 Å². The van der Waals surface area contributed by atoms with E-state index in [-0.39, 0.29) is 27.8 Å². The van der Waals surface area contributed by atoms with E-state index in [1.165, 1.54) is 37.3 Å². The molecule has 1 heterocycles. The summed E-state index contributed by atoms with van der Waals surface area (Å²) in [6, 6.07) is 8.27. The Hall–Kier alpha value is -3.54. The van der Waals surface area contributed by atoms with Crippen LogP contribution < -0.4 is 10.1 Å². The number of ether oxygens (including phenoxy) is 1. The van der Waals surface area contributed by atoms with E-state index in [0.29, 0.717) is 5.56 Å². The summed E-state index contributed by atoms with van der Waals surface area (Å²) in [4.78, 5) is 13.1. The Morgan fingerprint density at radius 3 is 2.38 bits per heavy atom. The van der Waals surface area contributed by atoms with E-state index in [4.69, 9.17) is 4.74 Å². The van der Waals surface area contributed by atoms with Gasteiger partial charge in [-0.05, 0) is 68.0 Å². The number of nitrogens with one attached hydrogen (secondary N) is 1. The number of carbonyl (C=O) groups is 1. The van der Waals surface area contributed by atoms with E-state index in [9.17, 15) is 26.4 Å². The number of anilines is 1. The highest BCUT2D eigenvalue weighted by atomic mass is 32.2. The predicted octanol–water partition coefficient (Wildman–Crippen LogP) is 5.97. The lowest BCUT2D eigenvalue weighted by molar-refractivity contribution is -0.142. The van der Waals surface area contributed by atoms with Gasteiger partial charge in [-0.15, -0.1) is 10.2 Å². The van der Waals surface area contributed by atoms with E-state index in [0.717, 1.165) is 32.4 Å². The van der Waals surface area contributed by atoms with Crippen molar-refractivity contribution in [1.82, 2.24) is 10.2 Å². The number of alkyl halides is 3. The summed E-state index contributed by atoms with van der Waals surface area (Å²) in [6.45, 7) is 2.51. The van der Waals surface area contributed by atoms with Gasteiger partial charge in [0.05, 0.1) is 4.90 Å². The van der Waals surface area contributed by atoms with Crippen LogP contribution in [0.3, 0.4) is 0 Å². The lowest BCUT2D eigenvalue weighted by atomic mass is 9.79. The summed E-state index contributed by atoms with van der Waals surface area (Å²) < 4.78 is 85.0. The summed E-state index contributed by atoms with van der Waals surface area (Å²) in [5.74, 6) is -2.00. The van der Waals surface area contributed by atoms with Crippen LogP contribution in [-0.2, 0) is 16.0 Å². The highest BCUT2D eigenvalue weighted by Gasteiger charge is 2.38. The Kier molecular flexibility index (Phi) is 6.97. The molecule has 37 heavy (non-hydrogen) atoms. The number of hydrogen-bond acceptors (Lipinski definition) is 6. The molecule has 0 atom stereocenters. The molecule has 1 aliphatic rings. The van der Waals surface area contributed by atoms with E-state index < -0.39 is 50.4 Å². The number of aromatic nitrogens is 2. The number of nitrogens with zero attached hydrogens (tertiary/aromatic N) is 2. The van der Waals surface area contributed by atoms with Crippen molar-refractivity contribution in [3.05, 3.63) is 70.2 Å². The predicted molar refractivity (Wildman–Crippen MR) is 127 cm³/mol. The molecule has 1 N–H and O–H groups in total. The number of rotatable bonds is 6. The van der Waals surface area contributed by atoms with Gasteiger partial charge < -0.3 is 10.1 Å². The van der Waals surface area contributed by atoms with Crippen LogP contribution in [0, 0.1) is 19.7 Å². The van der Waals surface area contributed by atoms with Crippen molar-refractivity contribution in [2.45, 2.75) is 50.1 Å². The van der Waals surface area contributed by atoms with Crippen LogP contribution in [0.25, 0.3) is 0 Å². The summed E-state index contributed by atoms with van der Waals surface area (Å²) in [7, 11) is -3.61. The van der Waals surface area contributed by atoms with Crippen molar-refractivity contribution in [3.63, 3.8) is 0 Å². The summed E-state index contributed by atoms with van der Waals surface area (Å²) >= 11 is 0. The van der Waals surface area contributed by atoms with Crippen LogP contribution in [0.5, 0.6) is 11.6 Å². The first-order valence-electron chi connectivity index (χ1n) is 11.3. The van der Waals surface area contributed by atoms with Crippen LogP contribution in [0.1, 0.15) is 57.9 Å². The Bertz CT molecular complexity index is 1490. The quantitative estimate of drug-likeness (QED) is 0.389. The molecule has 0 aliphatic heterocycles. The molecule has 1 aliphatic carbocycles. The zero-order valence-corrected chi connectivity index (χ0v) is 20.9. The molecule has 0 bridgehead atoms. The summed E-state index contributed by atoms with van der Waals surface area (Å²) in [5.41, 5.74) is -1.84. The highest BCUT2D eigenvalue weighted by Crippen LogP contribution is 2.41. The van der Waals surface area contributed by atoms with Gasteiger partial charge in [0.2, 0.25) is 0 Å². The third kappa shape index (κ3) is 5.43. The third-order valence-electron chi connectivity index (χ3n) is 6.32. The van der Waals surface area contributed by atoms with Gasteiger partial charge in [-0.2, -0.15) is 13.2 Å². The Labute approximate surface area is 210 Å². The summed E-state index contributed by atoms with van der Waals surface area (Å²) in [5, 5.41) is 9.10. The van der Waals surface area contributed by atoms with Crippen LogP contribution in [0.15, 0.2) is 41.3 Å². The minimum absolute atomic E-state index is 0.0238. The monoisotopic (exact) mass is 537 g/mol. The minimum atomic E-state index is -4.91. The topological polar surface area (TPSA) is 98.2 Å². The van der Waals surface area contributed by atoms with E-state index >= 15 is 4.39 Å². The Morgan fingerprint density at radius 2 is 1.78 bits per heavy atom. The number of halogens is 4. The van der Waals surface area contributed by atoms with Gasteiger partial charge in [-0.1, -0.05) is 18.6 Å². The molecule has 196 valence electrons. The normalized spacial score (nSPS) is 14.2. The third-order valence-corrected chi connectivity index (χ3v) is 7.43. The van der Waals surface area contributed by atoms with Gasteiger partial charge in [0.25, 0.3) is 11.8 Å². The standard InChI is InChI=1S/C25H23F4N3O4S/c1-13-19(11-10-18(21(13)26)15-6-4-7-15)36-24-20(14(2)22(31-32-24)25(27,28)29)23(33)30-16-8-5-9-17(12-16)37(3,34)35/h5,8-12,15H,4,6-7H2,1-3H3,(H,30,33). The van der Waals surface area contributed by atoms with Crippen molar-refractivity contribution >= 4 is 21.4 Å². The second-order valence-corrected chi connectivity index (χ2v) is 10.9. The fourth-order valence-electron chi connectivity index (χ4n) is 4.04. The zero-order valence-electron chi connectivity index (χ0n) is 20.1. The van der Waals surface area contributed by atoms with E-state index in [2.05, 4.69) is 15.5 Å². The zero-order chi connectivity index (χ0) is 27.1. The van der Waals surface area contributed by atoms with Crippen LogP contribution >= 0.6 is 0 Å². The van der Waals surface area contributed by atoms with Gasteiger partial charge in [-0.25, -0.2) is 12.8 Å². The van der Waals surface area contributed by atoms with Crippen LogP contribution in [0.2, 0.25) is 0 Å². The molecule has 1 amide bonds. The van der Waals surface area contributed by atoms with Gasteiger partial charge in [-0.3, -0.25) is 4.79 Å². The molecule has 4 rings (SSSR count). The fraction of sp³-hybridized carbons (Fsp3) is 0.320. The SMILES string of the molecule is Cc1c(Oc2nnc(C(F)(F)F)c(C)c2C(=O)Nc2cccc(S(C)(=O)=O)c2)ccc(C2CCC2)c1F. The first-order chi connectivity index (χ1) is 17.3. The maximum atomic E-state index is 15.0. The van der Waals surface area contributed by atoms with Crippen molar-refractivity contribution < 1.29 is 35.5 Å². The molecule has 0 saturated heterocycles.